The van der Waals surface area contributed by atoms with E-state index in [1.54, 1.807) is 26.4 Å². The molecule has 3 nitrogen and oxygen atoms in total. The summed E-state index contributed by atoms with van der Waals surface area (Å²) in [4.78, 5) is 10.1. The number of allylic oxidation sites excluding steroid dienone is 1. The van der Waals surface area contributed by atoms with Crippen molar-refractivity contribution in [3.05, 3.63) is 29.8 Å². The average Bonchev–Trinajstić information content (AvgIpc) is 2.25. The van der Waals surface area contributed by atoms with Crippen molar-refractivity contribution < 1.29 is 14.3 Å². The standard InChI is InChI=1S/C11H12O3/c1-13-10-6-9(4-3-5-12)7-11(8-10)14-2/h3-8H,1-2H3. The van der Waals surface area contributed by atoms with Gasteiger partial charge in [-0.3, -0.25) is 4.79 Å². The Hall–Kier alpha value is -1.77. The molecule has 0 heterocycles. The number of carbonyl (C=O) groups is 1. The highest BCUT2D eigenvalue weighted by Gasteiger charge is 1.98. The fourth-order valence-corrected chi connectivity index (χ4v) is 1.08. The molecule has 0 saturated carbocycles. The van der Waals surface area contributed by atoms with Crippen LogP contribution in [-0.2, 0) is 4.79 Å². The maximum atomic E-state index is 10.1. The number of methoxy groups -OCH3 is 2. The Morgan fingerprint density at radius 3 is 2.07 bits per heavy atom. The fourth-order valence-electron chi connectivity index (χ4n) is 1.08. The van der Waals surface area contributed by atoms with Crippen molar-refractivity contribution in [2.24, 2.45) is 0 Å². The molecule has 0 spiro atoms. The van der Waals surface area contributed by atoms with Crippen LogP contribution in [0.5, 0.6) is 11.5 Å². The van der Waals surface area contributed by atoms with E-state index >= 15 is 0 Å². The second-order valence-corrected chi connectivity index (χ2v) is 2.64. The number of benzene rings is 1. The van der Waals surface area contributed by atoms with Gasteiger partial charge >= 0.3 is 0 Å². The predicted molar refractivity (Wildman–Crippen MR) is 54.6 cm³/mol. The topological polar surface area (TPSA) is 35.5 Å². The number of hydrogen-bond donors (Lipinski definition) is 0. The second kappa shape index (κ2) is 5.07. The lowest BCUT2D eigenvalue weighted by molar-refractivity contribution is -0.104. The van der Waals surface area contributed by atoms with Gasteiger partial charge < -0.3 is 9.47 Å². The minimum Gasteiger partial charge on any atom is -0.497 e. The van der Waals surface area contributed by atoms with E-state index in [0.29, 0.717) is 11.5 Å². The first-order valence-corrected chi connectivity index (χ1v) is 4.15. The number of rotatable bonds is 4. The van der Waals surface area contributed by atoms with Crippen LogP contribution >= 0.6 is 0 Å². The van der Waals surface area contributed by atoms with Gasteiger partial charge in [0.15, 0.2) is 0 Å². The Morgan fingerprint density at radius 2 is 1.64 bits per heavy atom. The van der Waals surface area contributed by atoms with E-state index in [0.717, 1.165) is 11.8 Å². The van der Waals surface area contributed by atoms with Crippen molar-refractivity contribution in [1.82, 2.24) is 0 Å². The summed E-state index contributed by atoms with van der Waals surface area (Å²) in [6.07, 6.45) is 3.85. The molecule has 0 fully saturated rings. The highest BCUT2D eigenvalue weighted by molar-refractivity contribution is 5.74. The van der Waals surface area contributed by atoms with Gasteiger partial charge in [-0.2, -0.15) is 0 Å². The van der Waals surface area contributed by atoms with Crippen LogP contribution in [0.3, 0.4) is 0 Å². The number of hydrogen-bond acceptors (Lipinski definition) is 3. The molecule has 0 amide bonds. The quantitative estimate of drug-likeness (QED) is 0.540. The molecule has 0 atom stereocenters. The maximum Gasteiger partial charge on any atom is 0.142 e. The Morgan fingerprint density at radius 1 is 1.07 bits per heavy atom. The lowest BCUT2D eigenvalue weighted by atomic mass is 10.2. The zero-order chi connectivity index (χ0) is 10.4. The van der Waals surface area contributed by atoms with Crippen LogP contribution in [0, 0.1) is 0 Å². The van der Waals surface area contributed by atoms with E-state index in [1.165, 1.54) is 6.08 Å². The predicted octanol–water partition coefficient (Wildman–Crippen LogP) is 1.92. The molecule has 0 unspecified atom stereocenters. The summed E-state index contributed by atoms with van der Waals surface area (Å²) in [5.74, 6) is 1.41. The van der Waals surface area contributed by atoms with E-state index < -0.39 is 0 Å². The number of ether oxygens (including phenoxy) is 2. The molecule has 0 radical (unpaired) electrons. The Kier molecular flexibility index (Phi) is 3.73. The highest BCUT2D eigenvalue weighted by atomic mass is 16.5. The first-order valence-electron chi connectivity index (χ1n) is 4.15. The molecule has 0 N–H and O–H groups in total. The van der Waals surface area contributed by atoms with Crippen LogP contribution in [0.4, 0.5) is 0 Å². The van der Waals surface area contributed by atoms with Crippen LogP contribution in [0.15, 0.2) is 24.3 Å². The van der Waals surface area contributed by atoms with Gasteiger partial charge in [-0.25, -0.2) is 0 Å². The van der Waals surface area contributed by atoms with Gasteiger partial charge in [0.25, 0.3) is 0 Å². The largest absolute Gasteiger partial charge is 0.497 e. The smallest absolute Gasteiger partial charge is 0.142 e. The zero-order valence-electron chi connectivity index (χ0n) is 8.19. The first kappa shape index (κ1) is 10.3. The molecule has 1 rings (SSSR count). The van der Waals surface area contributed by atoms with Gasteiger partial charge in [-0.1, -0.05) is 6.08 Å². The van der Waals surface area contributed by atoms with Gasteiger partial charge in [-0.05, 0) is 23.8 Å². The third-order valence-corrected chi connectivity index (χ3v) is 1.74. The summed E-state index contributed by atoms with van der Waals surface area (Å²) >= 11 is 0. The second-order valence-electron chi connectivity index (χ2n) is 2.64. The monoisotopic (exact) mass is 192 g/mol. The van der Waals surface area contributed by atoms with E-state index in [1.807, 2.05) is 12.1 Å². The molecule has 0 aromatic heterocycles. The molecular weight excluding hydrogens is 180 g/mol. The highest BCUT2D eigenvalue weighted by Crippen LogP contribution is 2.22. The lowest BCUT2D eigenvalue weighted by Crippen LogP contribution is -1.88. The van der Waals surface area contributed by atoms with E-state index in [4.69, 9.17) is 9.47 Å². The minimum atomic E-state index is 0.704. The summed E-state index contributed by atoms with van der Waals surface area (Å²) < 4.78 is 10.2. The fraction of sp³-hybridized carbons (Fsp3) is 0.182. The normalized spacial score (nSPS) is 10.1. The Balaban J connectivity index is 3.03. The van der Waals surface area contributed by atoms with Crippen molar-refractivity contribution >= 4 is 12.4 Å². The van der Waals surface area contributed by atoms with Gasteiger partial charge in [0.1, 0.15) is 17.8 Å². The molecule has 3 heteroatoms. The van der Waals surface area contributed by atoms with Gasteiger partial charge in [0, 0.05) is 6.07 Å². The van der Waals surface area contributed by atoms with E-state index in [9.17, 15) is 4.79 Å². The van der Waals surface area contributed by atoms with Crippen molar-refractivity contribution in [2.75, 3.05) is 14.2 Å². The van der Waals surface area contributed by atoms with Crippen LogP contribution in [0.2, 0.25) is 0 Å². The third kappa shape index (κ3) is 2.62. The van der Waals surface area contributed by atoms with Gasteiger partial charge in [0.2, 0.25) is 0 Å². The molecule has 14 heavy (non-hydrogen) atoms. The van der Waals surface area contributed by atoms with Gasteiger partial charge in [0.05, 0.1) is 14.2 Å². The molecule has 0 aliphatic rings. The van der Waals surface area contributed by atoms with Crippen LogP contribution < -0.4 is 9.47 Å². The van der Waals surface area contributed by atoms with Crippen molar-refractivity contribution in [3.63, 3.8) is 0 Å². The van der Waals surface area contributed by atoms with Gasteiger partial charge in [-0.15, -0.1) is 0 Å². The zero-order valence-corrected chi connectivity index (χ0v) is 8.19. The molecule has 0 bridgehead atoms. The molecule has 0 saturated heterocycles. The van der Waals surface area contributed by atoms with E-state index in [2.05, 4.69) is 0 Å². The SMILES string of the molecule is COc1cc(C=CC=O)cc(OC)c1. The Labute approximate surface area is 83.0 Å². The third-order valence-electron chi connectivity index (χ3n) is 1.74. The summed E-state index contributed by atoms with van der Waals surface area (Å²) in [5.41, 5.74) is 0.869. The van der Waals surface area contributed by atoms with Crippen LogP contribution in [0.1, 0.15) is 5.56 Å². The minimum absolute atomic E-state index is 0.704. The molecule has 1 aromatic rings. The van der Waals surface area contributed by atoms with Crippen LogP contribution in [0.25, 0.3) is 6.08 Å². The molecule has 0 aliphatic carbocycles. The van der Waals surface area contributed by atoms with E-state index in [-0.39, 0.29) is 0 Å². The molecular formula is C11H12O3. The first-order chi connectivity index (χ1) is 6.80. The summed E-state index contributed by atoms with van der Waals surface area (Å²) in [6, 6.07) is 5.42. The van der Waals surface area contributed by atoms with Crippen molar-refractivity contribution in [3.8, 4) is 11.5 Å². The van der Waals surface area contributed by atoms with Crippen LogP contribution in [-0.4, -0.2) is 20.5 Å². The average molecular weight is 192 g/mol. The summed E-state index contributed by atoms with van der Waals surface area (Å²) in [5, 5.41) is 0. The lowest BCUT2D eigenvalue weighted by Gasteiger charge is -2.05. The number of aldehydes is 1. The van der Waals surface area contributed by atoms with Crippen molar-refractivity contribution in [2.45, 2.75) is 0 Å². The maximum absolute atomic E-state index is 10.1. The molecule has 74 valence electrons. The summed E-state index contributed by atoms with van der Waals surface area (Å²) in [7, 11) is 3.17. The molecule has 1 aromatic carbocycles. The Bertz CT molecular complexity index is 320. The van der Waals surface area contributed by atoms with Crippen molar-refractivity contribution in [1.29, 1.82) is 0 Å². The number of carbonyl (C=O) groups excluding carboxylic acids is 1. The molecule has 0 aliphatic heterocycles. The summed E-state index contributed by atoms with van der Waals surface area (Å²) in [6.45, 7) is 0.